The molecule has 30 heavy (non-hydrogen) atoms. The lowest BCUT2D eigenvalue weighted by molar-refractivity contribution is 0.0976. The van der Waals surface area contributed by atoms with Crippen molar-refractivity contribution in [2.45, 2.75) is 33.6 Å². The van der Waals surface area contributed by atoms with Crippen molar-refractivity contribution >= 4 is 42.8 Å². The van der Waals surface area contributed by atoms with E-state index in [0.717, 1.165) is 32.9 Å². The van der Waals surface area contributed by atoms with Crippen molar-refractivity contribution in [3.63, 3.8) is 0 Å². The summed E-state index contributed by atoms with van der Waals surface area (Å²) in [7, 11) is -3.66. The molecule has 3 rings (SSSR count). The molecule has 0 aliphatic heterocycles. The molecule has 2 aromatic carbocycles. The number of aromatic amines is 1. The molecule has 3 aromatic rings. The first-order chi connectivity index (χ1) is 14.1. The molecule has 2 N–H and O–H groups in total. The first-order valence-corrected chi connectivity index (χ1v) is 12.3. The van der Waals surface area contributed by atoms with E-state index in [2.05, 4.69) is 41.7 Å². The van der Waals surface area contributed by atoms with Crippen LogP contribution in [-0.4, -0.2) is 32.2 Å². The van der Waals surface area contributed by atoms with Crippen molar-refractivity contribution < 1.29 is 17.9 Å². The quantitative estimate of drug-likeness (QED) is 0.473. The van der Waals surface area contributed by atoms with E-state index in [0.29, 0.717) is 19.4 Å². The van der Waals surface area contributed by atoms with Crippen molar-refractivity contribution in [3.05, 3.63) is 62.8 Å². The lowest BCUT2D eigenvalue weighted by Gasteiger charge is -2.11. The van der Waals surface area contributed by atoms with E-state index in [4.69, 9.17) is 4.74 Å². The van der Waals surface area contributed by atoms with E-state index in [1.165, 1.54) is 16.7 Å². The second kappa shape index (κ2) is 8.81. The molecule has 1 aromatic heterocycles. The maximum atomic E-state index is 12.6. The molecule has 0 radical (unpaired) electrons. The number of amides is 1. The number of hydrogen-bond donors (Lipinski definition) is 2. The van der Waals surface area contributed by atoms with Crippen molar-refractivity contribution in [2.75, 3.05) is 12.9 Å². The number of sulfonamides is 1. The van der Waals surface area contributed by atoms with Gasteiger partial charge in [0.25, 0.3) is 5.91 Å². The first kappa shape index (κ1) is 22.4. The van der Waals surface area contributed by atoms with Crippen LogP contribution < -0.4 is 9.46 Å². The van der Waals surface area contributed by atoms with E-state index in [1.807, 2.05) is 35.1 Å². The number of nitrogens with one attached hydrogen (secondary N) is 2. The highest BCUT2D eigenvalue weighted by atomic mass is 79.9. The summed E-state index contributed by atoms with van der Waals surface area (Å²) >= 11 is 3.48. The lowest BCUT2D eigenvalue weighted by Crippen LogP contribution is -2.30. The number of aryl methyl sites for hydroxylation is 3. The van der Waals surface area contributed by atoms with E-state index >= 15 is 0 Å². The standard InChI is InChI=1S/C22H25BrN2O4S/c1-13-11-16(12-14(2)15(13)3)29-10-6-8-18-17-7-5-9-19(23)20(17)24-21(18)22(26)25-30(4,27)28/h5,7,9,11-12,24H,6,8,10H2,1-4H3,(H,25,26). The van der Waals surface area contributed by atoms with E-state index in [9.17, 15) is 13.2 Å². The molecule has 0 aliphatic carbocycles. The Hall–Kier alpha value is -2.32. The summed E-state index contributed by atoms with van der Waals surface area (Å²) in [5, 5.41) is 0.880. The number of para-hydroxylation sites is 1. The zero-order valence-corrected chi connectivity index (χ0v) is 19.8. The third kappa shape index (κ3) is 5.05. The first-order valence-electron chi connectivity index (χ1n) is 9.58. The third-order valence-corrected chi connectivity index (χ3v) is 6.35. The molecule has 0 atom stereocenters. The number of aromatic nitrogens is 1. The van der Waals surface area contributed by atoms with Crippen LogP contribution in [0.25, 0.3) is 10.9 Å². The lowest BCUT2D eigenvalue weighted by atomic mass is 10.0. The van der Waals surface area contributed by atoms with Crippen molar-refractivity contribution in [1.82, 2.24) is 9.71 Å². The summed E-state index contributed by atoms with van der Waals surface area (Å²) in [6.45, 7) is 6.69. The van der Waals surface area contributed by atoms with Gasteiger partial charge < -0.3 is 9.72 Å². The number of carbonyl (C=O) groups is 1. The minimum atomic E-state index is -3.66. The second-order valence-electron chi connectivity index (χ2n) is 7.48. The number of halogens is 1. The third-order valence-electron chi connectivity index (χ3n) is 5.14. The van der Waals surface area contributed by atoms with Gasteiger partial charge in [0, 0.05) is 9.86 Å². The van der Waals surface area contributed by atoms with Gasteiger partial charge in [0.05, 0.1) is 18.4 Å². The smallest absolute Gasteiger partial charge is 0.281 e. The molecule has 1 heterocycles. The predicted molar refractivity (Wildman–Crippen MR) is 123 cm³/mol. The fourth-order valence-electron chi connectivity index (χ4n) is 3.43. The van der Waals surface area contributed by atoms with Gasteiger partial charge in [0.2, 0.25) is 10.0 Å². The van der Waals surface area contributed by atoms with Crippen LogP contribution in [0.4, 0.5) is 0 Å². The molecular formula is C22H25BrN2O4S. The highest BCUT2D eigenvalue weighted by Gasteiger charge is 2.21. The second-order valence-corrected chi connectivity index (χ2v) is 10.1. The summed E-state index contributed by atoms with van der Waals surface area (Å²) in [6.07, 6.45) is 2.19. The molecule has 0 unspecified atom stereocenters. The zero-order valence-electron chi connectivity index (χ0n) is 17.4. The molecule has 0 bridgehead atoms. The Balaban J connectivity index is 1.80. The Morgan fingerprint density at radius 1 is 1.17 bits per heavy atom. The average molecular weight is 493 g/mol. The predicted octanol–water partition coefficient (Wildman–Crippen LogP) is 4.56. The van der Waals surface area contributed by atoms with Gasteiger partial charge in [-0.05, 0) is 90.0 Å². The minimum absolute atomic E-state index is 0.254. The number of H-pyrrole nitrogens is 1. The van der Waals surface area contributed by atoms with E-state index in [-0.39, 0.29) is 5.69 Å². The molecule has 8 heteroatoms. The molecule has 0 fully saturated rings. The van der Waals surface area contributed by atoms with Crippen molar-refractivity contribution in [2.24, 2.45) is 0 Å². The fraction of sp³-hybridized carbons (Fsp3) is 0.318. The molecule has 6 nitrogen and oxygen atoms in total. The number of ether oxygens (including phenoxy) is 1. The highest BCUT2D eigenvalue weighted by molar-refractivity contribution is 9.10. The number of rotatable bonds is 7. The summed E-state index contributed by atoms with van der Waals surface area (Å²) < 4.78 is 31.8. The number of fused-ring (bicyclic) bond motifs is 1. The van der Waals surface area contributed by atoms with Crippen LogP contribution in [-0.2, 0) is 16.4 Å². The summed E-state index contributed by atoms with van der Waals surface area (Å²) in [6, 6.07) is 9.71. The Morgan fingerprint density at radius 2 is 1.83 bits per heavy atom. The molecule has 1 amide bonds. The van der Waals surface area contributed by atoms with Crippen LogP contribution in [0.1, 0.15) is 39.2 Å². The summed E-state index contributed by atoms with van der Waals surface area (Å²) in [5.41, 5.74) is 5.42. The Morgan fingerprint density at radius 3 is 2.47 bits per heavy atom. The van der Waals surface area contributed by atoms with Crippen LogP contribution >= 0.6 is 15.9 Å². The number of hydrogen-bond acceptors (Lipinski definition) is 4. The maximum Gasteiger partial charge on any atom is 0.281 e. The van der Waals surface area contributed by atoms with Gasteiger partial charge >= 0.3 is 0 Å². The molecule has 0 saturated heterocycles. The highest BCUT2D eigenvalue weighted by Crippen LogP contribution is 2.30. The Kier molecular flexibility index (Phi) is 6.57. The summed E-state index contributed by atoms with van der Waals surface area (Å²) in [5.74, 6) is 0.161. The van der Waals surface area contributed by atoms with Crippen molar-refractivity contribution in [1.29, 1.82) is 0 Å². The van der Waals surface area contributed by atoms with Crippen LogP contribution in [0, 0.1) is 20.8 Å². The van der Waals surface area contributed by atoms with Gasteiger partial charge in [-0.2, -0.15) is 0 Å². The van der Waals surface area contributed by atoms with Gasteiger partial charge in [-0.3, -0.25) is 4.79 Å². The van der Waals surface area contributed by atoms with Gasteiger partial charge in [0.15, 0.2) is 0 Å². The Labute approximate surface area is 185 Å². The molecular weight excluding hydrogens is 468 g/mol. The van der Waals surface area contributed by atoms with Gasteiger partial charge in [0.1, 0.15) is 11.4 Å². The van der Waals surface area contributed by atoms with E-state index < -0.39 is 15.9 Å². The Bertz CT molecular complexity index is 1190. The van der Waals surface area contributed by atoms with Crippen LogP contribution in [0.15, 0.2) is 34.8 Å². The van der Waals surface area contributed by atoms with Crippen LogP contribution in [0.2, 0.25) is 0 Å². The van der Waals surface area contributed by atoms with Crippen LogP contribution in [0.3, 0.4) is 0 Å². The summed E-state index contributed by atoms with van der Waals surface area (Å²) in [4.78, 5) is 15.6. The molecule has 160 valence electrons. The molecule has 0 aliphatic rings. The largest absolute Gasteiger partial charge is 0.494 e. The average Bonchev–Trinajstić information content (AvgIpc) is 3.02. The SMILES string of the molecule is Cc1cc(OCCCc2c(C(=O)NS(C)(=O)=O)[nH]c3c(Br)cccc23)cc(C)c1C. The topological polar surface area (TPSA) is 88.3 Å². The van der Waals surface area contributed by atoms with Crippen molar-refractivity contribution in [3.8, 4) is 5.75 Å². The van der Waals surface area contributed by atoms with Crippen LogP contribution in [0.5, 0.6) is 5.75 Å². The molecule has 0 saturated carbocycles. The monoisotopic (exact) mass is 492 g/mol. The molecule has 0 spiro atoms. The minimum Gasteiger partial charge on any atom is -0.494 e. The zero-order chi connectivity index (χ0) is 22.1. The van der Waals surface area contributed by atoms with Gasteiger partial charge in [-0.1, -0.05) is 12.1 Å². The normalized spacial score (nSPS) is 11.6. The maximum absolute atomic E-state index is 12.6. The van der Waals surface area contributed by atoms with E-state index in [1.54, 1.807) is 0 Å². The van der Waals surface area contributed by atoms with Gasteiger partial charge in [-0.25, -0.2) is 13.1 Å². The number of benzene rings is 2. The number of carbonyl (C=O) groups excluding carboxylic acids is 1. The fourth-order valence-corrected chi connectivity index (χ4v) is 4.33. The van der Waals surface area contributed by atoms with Gasteiger partial charge in [-0.15, -0.1) is 0 Å².